The van der Waals surface area contributed by atoms with Crippen LogP contribution in [0.3, 0.4) is 0 Å². The molecule has 4 heteroatoms. The van der Waals surface area contributed by atoms with Crippen molar-refractivity contribution >= 4 is 5.91 Å². The van der Waals surface area contributed by atoms with Gasteiger partial charge in [-0.3, -0.25) is 4.79 Å². The van der Waals surface area contributed by atoms with E-state index in [0.717, 1.165) is 26.0 Å². The van der Waals surface area contributed by atoms with Crippen molar-refractivity contribution in [1.29, 1.82) is 0 Å². The standard InChI is InChI=1S/C12H24N2O2/c1-4-9(2)13-8-12(15)14-7-11-5-6-16-10(11)3/h9-11,13H,4-8H2,1-3H3,(H,14,15). The molecule has 1 heterocycles. The van der Waals surface area contributed by atoms with Crippen LogP contribution in [0.2, 0.25) is 0 Å². The molecular weight excluding hydrogens is 204 g/mol. The van der Waals surface area contributed by atoms with Crippen molar-refractivity contribution in [2.24, 2.45) is 5.92 Å². The highest BCUT2D eigenvalue weighted by atomic mass is 16.5. The van der Waals surface area contributed by atoms with E-state index in [-0.39, 0.29) is 12.0 Å². The zero-order valence-electron chi connectivity index (χ0n) is 10.6. The average Bonchev–Trinajstić information content (AvgIpc) is 2.69. The fraction of sp³-hybridized carbons (Fsp3) is 0.917. The van der Waals surface area contributed by atoms with E-state index < -0.39 is 0 Å². The second kappa shape index (κ2) is 6.86. The molecule has 0 aliphatic carbocycles. The maximum Gasteiger partial charge on any atom is 0.233 e. The van der Waals surface area contributed by atoms with E-state index in [4.69, 9.17) is 4.74 Å². The number of carbonyl (C=O) groups is 1. The van der Waals surface area contributed by atoms with Crippen molar-refractivity contribution in [2.75, 3.05) is 19.7 Å². The van der Waals surface area contributed by atoms with Crippen molar-refractivity contribution in [3.63, 3.8) is 0 Å². The Morgan fingerprint density at radius 3 is 2.88 bits per heavy atom. The van der Waals surface area contributed by atoms with Gasteiger partial charge in [-0.2, -0.15) is 0 Å². The summed E-state index contributed by atoms with van der Waals surface area (Å²) in [7, 11) is 0. The third-order valence-electron chi connectivity index (χ3n) is 3.32. The van der Waals surface area contributed by atoms with Gasteiger partial charge in [-0.25, -0.2) is 0 Å². The first-order chi connectivity index (χ1) is 7.63. The Morgan fingerprint density at radius 1 is 1.56 bits per heavy atom. The minimum Gasteiger partial charge on any atom is -0.378 e. The lowest BCUT2D eigenvalue weighted by Crippen LogP contribution is -2.40. The molecule has 3 unspecified atom stereocenters. The lowest BCUT2D eigenvalue weighted by Gasteiger charge is -2.16. The maximum absolute atomic E-state index is 11.5. The van der Waals surface area contributed by atoms with Gasteiger partial charge in [0.15, 0.2) is 0 Å². The molecule has 2 N–H and O–H groups in total. The Hall–Kier alpha value is -0.610. The number of rotatable bonds is 6. The molecule has 1 amide bonds. The first-order valence-corrected chi connectivity index (χ1v) is 6.25. The van der Waals surface area contributed by atoms with Crippen LogP contribution in [0, 0.1) is 5.92 Å². The van der Waals surface area contributed by atoms with Gasteiger partial charge in [0.2, 0.25) is 5.91 Å². The normalized spacial score (nSPS) is 26.7. The molecule has 0 aromatic heterocycles. The van der Waals surface area contributed by atoms with Gasteiger partial charge in [0.25, 0.3) is 0 Å². The first kappa shape index (κ1) is 13.5. The number of amides is 1. The number of hydrogen-bond acceptors (Lipinski definition) is 3. The molecule has 1 aliphatic heterocycles. The minimum atomic E-state index is 0.0828. The van der Waals surface area contributed by atoms with Gasteiger partial charge in [-0.1, -0.05) is 6.92 Å². The van der Waals surface area contributed by atoms with Gasteiger partial charge in [0, 0.05) is 25.1 Å². The molecule has 0 saturated carbocycles. The number of nitrogens with one attached hydrogen (secondary N) is 2. The predicted molar refractivity (Wildman–Crippen MR) is 64.3 cm³/mol. The summed E-state index contributed by atoms with van der Waals surface area (Å²) in [6, 6.07) is 0.402. The van der Waals surface area contributed by atoms with Crippen LogP contribution in [0.1, 0.15) is 33.6 Å². The zero-order chi connectivity index (χ0) is 12.0. The Kier molecular flexibility index (Phi) is 5.77. The van der Waals surface area contributed by atoms with Gasteiger partial charge < -0.3 is 15.4 Å². The molecule has 3 atom stereocenters. The summed E-state index contributed by atoms with van der Waals surface area (Å²) in [5.74, 6) is 0.562. The summed E-state index contributed by atoms with van der Waals surface area (Å²) in [5, 5.41) is 6.13. The Bertz CT molecular complexity index is 221. The van der Waals surface area contributed by atoms with E-state index in [2.05, 4.69) is 31.4 Å². The molecule has 0 aromatic carbocycles. The zero-order valence-corrected chi connectivity index (χ0v) is 10.6. The molecule has 0 spiro atoms. The van der Waals surface area contributed by atoms with E-state index in [1.165, 1.54) is 0 Å². The monoisotopic (exact) mass is 228 g/mol. The molecule has 1 aliphatic rings. The minimum absolute atomic E-state index is 0.0828. The van der Waals surface area contributed by atoms with Crippen molar-refractivity contribution in [2.45, 2.75) is 45.8 Å². The van der Waals surface area contributed by atoms with Gasteiger partial charge in [-0.05, 0) is 26.7 Å². The third kappa shape index (κ3) is 4.49. The molecule has 0 aromatic rings. The van der Waals surface area contributed by atoms with Crippen LogP contribution in [0.15, 0.2) is 0 Å². The summed E-state index contributed by atoms with van der Waals surface area (Å²) in [6.07, 6.45) is 2.38. The van der Waals surface area contributed by atoms with E-state index >= 15 is 0 Å². The molecule has 4 nitrogen and oxygen atoms in total. The molecule has 16 heavy (non-hydrogen) atoms. The Morgan fingerprint density at radius 2 is 2.31 bits per heavy atom. The van der Waals surface area contributed by atoms with Crippen LogP contribution in [0.5, 0.6) is 0 Å². The highest BCUT2D eigenvalue weighted by Gasteiger charge is 2.24. The summed E-state index contributed by atoms with van der Waals surface area (Å²) < 4.78 is 5.45. The fourth-order valence-corrected chi connectivity index (χ4v) is 1.76. The lowest BCUT2D eigenvalue weighted by molar-refractivity contribution is -0.120. The average molecular weight is 228 g/mol. The van der Waals surface area contributed by atoms with E-state index in [0.29, 0.717) is 18.5 Å². The van der Waals surface area contributed by atoms with E-state index in [1.807, 2.05) is 0 Å². The second-order valence-corrected chi connectivity index (χ2v) is 4.62. The molecule has 94 valence electrons. The van der Waals surface area contributed by atoms with Crippen molar-refractivity contribution < 1.29 is 9.53 Å². The van der Waals surface area contributed by atoms with E-state index in [1.54, 1.807) is 0 Å². The predicted octanol–water partition coefficient (Wildman–Crippen LogP) is 0.916. The molecule has 0 radical (unpaired) electrons. The molecule has 1 rings (SSSR count). The number of carbonyl (C=O) groups excluding carboxylic acids is 1. The molecule has 1 saturated heterocycles. The Balaban J connectivity index is 2.10. The third-order valence-corrected chi connectivity index (χ3v) is 3.32. The quantitative estimate of drug-likeness (QED) is 0.710. The largest absolute Gasteiger partial charge is 0.378 e. The maximum atomic E-state index is 11.5. The summed E-state index contributed by atoms with van der Waals surface area (Å²) in [5.41, 5.74) is 0. The second-order valence-electron chi connectivity index (χ2n) is 4.62. The fourth-order valence-electron chi connectivity index (χ4n) is 1.76. The number of ether oxygens (including phenoxy) is 1. The van der Waals surface area contributed by atoms with Crippen molar-refractivity contribution in [1.82, 2.24) is 10.6 Å². The highest BCUT2D eigenvalue weighted by molar-refractivity contribution is 5.78. The van der Waals surface area contributed by atoms with Gasteiger partial charge in [0.05, 0.1) is 12.6 Å². The van der Waals surface area contributed by atoms with Gasteiger partial charge >= 0.3 is 0 Å². The summed E-state index contributed by atoms with van der Waals surface area (Å²) in [6.45, 7) is 8.24. The van der Waals surface area contributed by atoms with E-state index in [9.17, 15) is 4.79 Å². The topological polar surface area (TPSA) is 50.4 Å². The number of hydrogen-bond donors (Lipinski definition) is 2. The highest BCUT2D eigenvalue weighted by Crippen LogP contribution is 2.18. The smallest absolute Gasteiger partial charge is 0.233 e. The van der Waals surface area contributed by atoms with Crippen LogP contribution < -0.4 is 10.6 Å². The molecule has 0 bridgehead atoms. The lowest BCUT2D eigenvalue weighted by atomic mass is 10.0. The van der Waals surface area contributed by atoms with Crippen LogP contribution in [-0.4, -0.2) is 37.7 Å². The van der Waals surface area contributed by atoms with Gasteiger partial charge in [-0.15, -0.1) is 0 Å². The summed E-state index contributed by atoms with van der Waals surface area (Å²) in [4.78, 5) is 11.5. The van der Waals surface area contributed by atoms with Crippen molar-refractivity contribution in [3.05, 3.63) is 0 Å². The molecular formula is C12H24N2O2. The Labute approximate surface area is 98.1 Å². The van der Waals surface area contributed by atoms with Gasteiger partial charge in [0.1, 0.15) is 0 Å². The van der Waals surface area contributed by atoms with Crippen LogP contribution in [0.4, 0.5) is 0 Å². The van der Waals surface area contributed by atoms with Crippen LogP contribution in [-0.2, 0) is 9.53 Å². The van der Waals surface area contributed by atoms with Crippen molar-refractivity contribution in [3.8, 4) is 0 Å². The molecule has 1 fully saturated rings. The van der Waals surface area contributed by atoms with Crippen LogP contribution >= 0.6 is 0 Å². The van der Waals surface area contributed by atoms with Crippen LogP contribution in [0.25, 0.3) is 0 Å². The first-order valence-electron chi connectivity index (χ1n) is 6.25. The SMILES string of the molecule is CCC(C)NCC(=O)NCC1CCOC1C. The summed E-state index contributed by atoms with van der Waals surface area (Å²) >= 11 is 0.